The highest BCUT2D eigenvalue weighted by atomic mass is 19.1. The fourth-order valence-electron chi connectivity index (χ4n) is 5.39. The van der Waals surface area contributed by atoms with E-state index >= 15 is 4.39 Å². The molecule has 1 spiro atoms. The lowest BCUT2D eigenvalue weighted by Gasteiger charge is -2.55. The highest BCUT2D eigenvalue weighted by Gasteiger charge is 2.63. The normalized spacial score (nSPS) is 24.9. The van der Waals surface area contributed by atoms with E-state index in [1.165, 1.54) is 23.2 Å². The molecule has 0 bridgehead atoms. The number of nitrogens with zero attached hydrogens (tertiary/aromatic N) is 3. The van der Waals surface area contributed by atoms with E-state index in [1.54, 1.807) is 13.8 Å². The second kappa shape index (κ2) is 7.70. The van der Waals surface area contributed by atoms with Crippen LogP contribution < -0.4 is 21.3 Å². The number of aromatic hydroxyl groups is 1. The van der Waals surface area contributed by atoms with Crippen molar-refractivity contribution in [3.8, 4) is 5.75 Å². The first-order valence-electron chi connectivity index (χ1n) is 10.9. The number of amides is 4. The first-order chi connectivity index (χ1) is 16.5. The molecule has 0 radical (unpaired) electrons. The Bertz CT molecular complexity index is 1300. The summed E-state index contributed by atoms with van der Waals surface area (Å²) in [5, 5.41) is 23.6. The first-order valence-corrected chi connectivity index (χ1v) is 10.9. The van der Waals surface area contributed by atoms with Crippen molar-refractivity contribution in [2.75, 3.05) is 17.2 Å². The van der Waals surface area contributed by atoms with Gasteiger partial charge in [-0.15, -0.1) is 0 Å². The van der Waals surface area contributed by atoms with Gasteiger partial charge in [0.15, 0.2) is 17.0 Å². The molecule has 2 saturated heterocycles. The Morgan fingerprint density at radius 3 is 2.66 bits per heavy atom. The Labute approximate surface area is 198 Å². The number of carbonyl (C=O) groups is 3. The van der Waals surface area contributed by atoms with Gasteiger partial charge in [0, 0.05) is 24.7 Å². The van der Waals surface area contributed by atoms with E-state index in [0.29, 0.717) is 0 Å². The Morgan fingerprint density at radius 1 is 1.31 bits per heavy atom. The smallest absolute Gasteiger partial charge is 0.328 e. The van der Waals surface area contributed by atoms with Gasteiger partial charge in [-0.3, -0.25) is 25.6 Å². The van der Waals surface area contributed by atoms with Gasteiger partial charge in [-0.05, 0) is 31.5 Å². The molecule has 13 heteroatoms. The second-order valence-corrected chi connectivity index (χ2v) is 8.90. The molecule has 3 unspecified atom stereocenters. The maximum atomic E-state index is 15.8. The molecule has 6 N–H and O–H groups in total. The standard InChI is InChI=1S/C22H22FN7O5/c1-8-7-30-15-10(5-11(16(31)13(15)23)14(24)12-3-4-26-20(25)27-12)6-22(17(30)9(2)35-8)18(32)28-21(34)29-19(22)33/h3-5,8-9,17,24,31H,6-7H2,1-2H3,(H2,25,26,27)(H2,28,29,32,33,34). The second-order valence-electron chi connectivity index (χ2n) is 8.90. The molecular weight excluding hydrogens is 461 g/mol. The molecule has 3 atom stereocenters. The van der Waals surface area contributed by atoms with E-state index < -0.39 is 47.0 Å². The van der Waals surface area contributed by atoms with Crippen molar-refractivity contribution in [3.05, 3.63) is 41.0 Å². The van der Waals surface area contributed by atoms with Gasteiger partial charge in [0.2, 0.25) is 17.8 Å². The number of hydrogen-bond acceptors (Lipinski definition) is 10. The van der Waals surface area contributed by atoms with Gasteiger partial charge in [-0.1, -0.05) is 0 Å². The third-order valence-corrected chi connectivity index (χ3v) is 6.70. The van der Waals surface area contributed by atoms with Crippen LogP contribution in [-0.4, -0.2) is 63.4 Å². The van der Waals surface area contributed by atoms with Crippen molar-refractivity contribution in [2.45, 2.75) is 38.5 Å². The number of phenolic OH excluding ortho intramolecular Hbond substituents is 1. The zero-order chi connectivity index (χ0) is 25.2. The number of nitrogen functional groups attached to an aromatic ring is 1. The highest BCUT2D eigenvalue weighted by Crippen LogP contribution is 2.49. The first kappa shape index (κ1) is 22.7. The van der Waals surface area contributed by atoms with Crippen LogP contribution in [0.4, 0.5) is 20.8 Å². The summed E-state index contributed by atoms with van der Waals surface area (Å²) in [6, 6.07) is 0.835. The summed E-state index contributed by atoms with van der Waals surface area (Å²) in [5.74, 6) is -3.54. The van der Waals surface area contributed by atoms with Gasteiger partial charge in [0.25, 0.3) is 0 Å². The Kier molecular flexibility index (Phi) is 4.98. The van der Waals surface area contributed by atoms with E-state index in [1.807, 2.05) is 0 Å². The topological polar surface area (TPSA) is 184 Å². The quantitative estimate of drug-likeness (QED) is 0.294. The zero-order valence-corrected chi connectivity index (χ0v) is 18.8. The molecule has 5 rings (SSSR count). The van der Waals surface area contributed by atoms with Crippen molar-refractivity contribution in [1.29, 1.82) is 5.41 Å². The van der Waals surface area contributed by atoms with Crippen LogP contribution in [0.5, 0.6) is 5.75 Å². The number of rotatable bonds is 2. The van der Waals surface area contributed by atoms with Crippen molar-refractivity contribution >= 4 is 35.2 Å². The number of ether oxygens (including phenoxy) is 1. The molecule has 1 aromatic heterocycles. The predicted octanol–water partition coefficient (Wildman–Crippen LogP) is 0.210. The number of fused-ring (bicyclic) bond motifs is 4. The third kappa shape index (κ3) is 3.22. The number of halogens is 1. The number of nitrogens with one attached hydrogen (secondary N) is 3. The van der Waals surface area contributed by atoms with Gasteiger partial charge >= 0.3 is 6.03 Å². The third-order valence-electron chi connectivity index (χ3n) is 6.70. The molecule has 35 heavy (non-hydrogen) atoms. The molecule has 4 amide bonds. The van der Waals surface area contributed by atoms with Crippen LogP contribution in [0.15, 0.2) is 18.3 Å². The van der Waals surface area contributed by atoms with E-state index in [2.05, 4.69) is 20.6 Å². The number of benzene rings is 1. The lowest BCUT2D eigenvalue weighted by Crippen LogP contribution is -2.75. The van der Waals surface area contributed by atoms with Crippen molar-refractivity contribution in [1.82, 2.24) is 20.6 Å². The van der Waals surface area contributed by atoms with Crippen LogP contribution in [0.3, 0.4) is 0 Å². The molecule has 182 valence electrons. The molecule has 3 aliphatic heterocycles. The fourth-order valence-corrected chi connectivity index (χ4v) is 5.39. The summed E-state index contributed by atoms with van der Waals surface area (Å²) >= 11 is 0. The average molecular weight is 483 g/mol. The summed E-state index contributed by atoms with van der Waals surface area (Å²) in [6.45, 7) is 3.55. The number of imide groups is 2. The number of aromatic nitrogens is 2. The maximum Gasteiger partial charge on any atom is 0.328 e. The number of carbonyl (C=O) groups excluding carboxylic acids is 3. The molecule has 1 aromatic carbocycles. The summed E-state index contributed by atoms with van der Waals surface area (Å²) in [7, 11) is 0. The SMILES string of the molecule is CC1CN2c3c(cc(C(=N)c4ccnc(N)n4)c(O)c3F)CC3(C(=O)NC(=O)NC3=O)C2C(C)O1. The number of morpholine rings is 1. The maximum absolute atomic E-state index is 15.8. The number of nitrogens with two attached hydrogens (primary N) is 1. The molecule has 0 aliphatic carbocycles. The van der Waals surface area contributed by atoms with Crippen LogP contribution >= 0.6 is 0 Å². The van der Waals surface area contributed by atoms with Gasteiger partial charge in [0.05, 0.1) is 35.3 Å². The van der Waals surface area contributed by atoms with Crippen LogP contribution in [-0.2, 0) is 20.7 Å². The highest BCUT2D eigenvalue weighted by molar-refractivity contribution is 6.20. The van der Waals surface area contributed by atoms with Crippen molar-refractivity contribution in [2.24, 2.45) is 5.41 Å². The number of urea groups is 1. The van der Waals surface area contributed by atoms with Gasteiger partial charge in [0.1, 0.15) is 0 Å². The minimum atomic E-state index is -1.82. The minimum absolute atomic E-state index is 0.0105. The van der Waals surface area contributed by atoms with Gasteiger partial charge in [-0.2, -0.15) is 0 Å². The summed E-state index contributed by atoms with van der Waals surface area (Å²) in [5.41, 5.74) is 3.52. The molecule has 0 saturated carbocycles. The summed E-state index contributed by atoms with van der Waals surface area (Å²) in [4.78, 5) is 47.5. The monoisotopic (exact) mass is 483 g/mol. The number of barbiturate groups is 1. The van der Waals surface area contributed by atoms with Crippen molar-refractivity contribution < 1.29 is 28.6 Å². The Hall–Kier alpha value is -4.13. The fraction of sp³-hybridized carbons (Fsp3) is 0.364. The van der Waals surface area contributed by atoms with Crippen LogP contribution in [0.25, 0.3) is 0 Å². The van der Waals surface area contributed by atoms with E-state index in [9.17, 15) is 19.5 Å². The zero-order valence-electron chi connectivity index (χ0n) is 18.8. The Morgan fingerprint density at radius 2 is 2.00 bits per heavy atom. The lowest BCUT2D eigenvalue weighted by atomic mass is 9.66. The van der Waals surface area contributed by atoms with Crippen LogP contribution in [0.1, 0.15) is 30.7 Å². The predicted molar refractivity (Wildman–Crippen MR) is 119 cm³/mol. The largest absolute Gasteiger partial charge is 0.504 e. The number of phenols is 1. The molecule has 12 nitrogen and oxygen atoms in total. The molecule has 3 aliphatic rings. The van der Waals surface area contributed by atoms with Crippen molar-refractivity contribution in [3.63, 3.8) is 0 Å². The average Bonchev–Trinajstić information content (AvgIpc) is 2.78. The van der Waals surface area contributed by atoms with E-state index in [-0.39, 0.29) is 53.2 Å². The molecule has 2 aromatic rings. The summed E-state index contributed by atoms with van der Waals surface area (Å²) in [6.07, 6.45) is -0.0499. The summed E-state index contributed by atoms with van der Waals surface area (Å²) < 4.78 is 21.7. The van der Waals surface area contributed by atoms with Crippen LogP contribution in [0.2, 0.25) is 0 Å². The molecule has 4 heterocycles. The van der Waals surface area contributed by atoms with Crippen LogP contribution in [0, 0.1) is 16.6 Å². The van der Waals surface area contributed by atoms with E-state index in [4.69, 9.17) is 15.9 Å². The molecule has 2 fully saturated rings. The Balaban J connectivity index is 1.72. The number of hydrogen-bond donors (Lipinski definition) is 5. The van der Waals surface area contributed by atoms with Gasteiger partial charge in [-0.25, -0.2) is 19.2 Å². The van der Waals surface area contributed by atoms with Gasteiger partial charge < -0.3 is 20.5 Å². The van der Waals surface area contributed by atoms with E-state index in [0.717, 1.165) is 0 Å². The lowest BCUT2D eigenvalue weighted by molar-refractivity contribution is -0.153. The molecular formula is C22H22FN7O5. The number of anilines is 2. The minimum Gasteiger partial charge on any atom is -0.504 e.